The van der Waals surface area contributed by atoms with Crippen LogP contribution in [0, 0.1) is 6.92 Å². The lowest BCUT2D eigenvalue weighted by Crippen LogP contribution is -2.04. The van der Waals surface area contributed by atoms with Crippen molar-refractivity contribution in [1.82, 2.24) is 4.57 Å². The van der Waals surface area contributed by atoms with Crippen LogP contribution in [0.3, 0.4) is 0 Å². The average molecular weight is 196 g/mol. The third kappa shape index (κ3) is 2.62. The molecule has 0 radical (unpaired) electrons. The molecule has 1 rings (SSSR count). The smallest absolute Gasteiger partial charge is 0.344 e. The molecule has 0 amide bonds. The molecule has 0 saturated carbocycles. The van der Waals surface area contributed by atoms with Crippen molar-refractivity contribution in [2.24, 2.45) is 12.2 Å². The summed E-state index contributed by atoms with van der Waals surface area (Å²) in [5.41, 5.74) is 1.97. The van der Waals surface area contributed by atoms with Crippen molar-refractivity contribution in [3.05, 3.63) is 23.5 Å². The Hall–Kier alpha value is -1.78. The molecule has 1 aromatic heterocycles. The molecule has 1 heterocycles. The third-order valence-corrected chi connectivity index (χ3v) is 1.86. The molecule has 76 valence electrons. The SMILES string of the molecule is Cc1ccc(/C=N/OCC(=O)O)n1C. The third-order valence-electron chi connectivity index (χ3n) is 1.86. The molecule has 0 saturated heterocycles. The largest absolute Gasteiger partial charge is 0.479 e. The Morgan fingerprint density at radius 3 is 2.93 bits per heavy atom. The van der Waals surface area contributed by atoms with Crippen LogP contribution in [0.4, 0.5) is 0 Å². The highest BCUT2D eigenvalue weighted by atomic mass is 16.6. The summed E-state index contributed by atoms with van der Waals surface area (Å²) in [5, 5.41) is 11.8. The molecular formula is C9H12N2O3. The first kappa shape index (κ1) is 10.3. The summed E-state index contributed by atoms with van der Waals surface area (Å²) in [6.07, 6.45) is 1.48. The highest BCUT2D eigenvalue weighted by Gasteiger charge is 1.97. The predicted octanol–water partition coefficient (Wildman–Crippen LogP) is 0.769. The van der Waals surface area contributed by atoms with Crippen LogP contribution in [-0.4, -0.2) is 28.5 Å². The topological polar surface area (TPSA) is 63.8 Å². The van der Waals surface area contributed by atoms with E-state index in [2.05, 4.69) is 9.99 Å². The summed E-state index contributed by atoms with van der Waals surface area (Å²) in [4.78, 5) is 14.6. The Balaban J connectivity index is 2.52. The number of aromatic nitrogens is 1. The van der Waals surface area contributed by atoms with Gasteiger partial charge in [-0.1, -0.05) is 5.16 Å². The predicted molar refractivity (Wildman–Crippen MR) is 51.3 cm³/mol. The van der Waals surface area contributed by atoms with Gasteiger partial charge in [-0.05, 0) is 19.1 Å². The number of carboxylic acids is 1. The summed E-state index contributed by atoms with van der Waals surface area (Å²) in [6, 6.07) is 3.82. The number of aryl methyl sites for hydroxylation is 1. The molecule has 0 aromatic carbocycles. The molecular weight excluding hydrogens is 184 g/mol. The second-order valence-corrected chi connectivity index (χ2v) is 2.86. The number of hydrogen-bond donors (Lipinski definition) is 1. The molecule has 0 bridgehead atoms. The molecule has 0 aliphatic carbocycles. The fourth-order valence-electron chi connectivity index (χ4n) is 0.947. The lowest BCUT2D eigenvalue weighted by molar-refractivity contribution is -0.142. The quantitative estimate of drug-likeness (QED) is 0.571. The van der Waals surface area contributed by atoms with Gasteiger partial charge in [-0.15, -0.1) is 0 Å². The maximum absolute atomic E-state index is 10.1. The summed E-state index contributed by atoms with van der Waals surface area (Å²) in [7, 11) is 1.90. The van der Waals surface area contributed by atoms with Crippen molar-refractivity contribution in [1.29, 1.82) is 0 Å². The van der Waals surface area contributed by atoms with Gasteiger partial charge >= 0.3 is 5.97 Å². The van der Waals surface area contributed by atoms with Gasteiger partial charge in [-0.3, -0.25) is 0 Å². The zero-order valence-corrected chi connectivity index (χ0v) is 8.10. The van der Waals surface area contributed by atoms with E-state index in [1.165, 1.54) is 6.21 Å². The number of hydrogen-bond acceptors (Lipinski definition) is 3. The minimum absolute atomic E-state index is 0.417. The van der Waals surface area contributed by atoms with Crippen molar-refractivity contribution in [2.75, 3.05) is 6.61 Å². The first-order chi connectivity index (χ1) is 6.61. The monoisotopic (exact) mass is 196 g/mol. The van der Waals surface area contributed by atoms with E-state index in [4.69, 9.17) is 5.11 Å². The lowest BCUT2D eigenvalue weighted by atomic mass is 10.4. The number of nitrogens with zero attached hydrogens (tertiary/aromatic N) is 2. The van der Waals surface area contributed by atoms with Gasteiger partial charge in [0.2, 0.25) is 6.61 Å². The normalized spacial score (nSPS) is 10.7. The van der Waals surface area contributed by atoms with Gasteiger partial charge in [-0.2, -0.15) is 0 Å². The Bertz CT molecular complexity index is 355. The second-order valence-electron chi connectivity index (χ2n) is 2.86. The van der Waals surface area contributed by atoms with Gasteiger partial charge in [0.15, 0.2) is 0 Å². The van der Waals surface area contributed by atoms with Gasteiger partial charge in [0, 0.05) is 12.7 Å². The Kier molecular flexibility index (Phi) is 3.28. The number of carbonyl (C=O) groups is 1. The maximum Gasteiger partial charge on any atom is 0.344 e. The van der Waals surface area contributed by atoms with E-state index >= 15 is 0 Å². The molecule has 0 atom stereocenters. The Labute approximate surface area is 81.6 Å². The molecule has 14 heavy (non-hydrogen) atoms. The van der Waals surface area contributed by atoms with Crippen molar-refractivity contribution >= 4 is 12.2 Å². The zero-order valence-electron chi connectivity index (χ0n) is 8.10. The van der Waals surface area contributed by atoms with Crippen molar-refractivity contribution in [3.63, 3.8) is 0 Å². The lowest BCUT2D eigenvalue weighted by Gasteiger charge is -1.98. The van der Waals surface area contributed by atoms with Crippen LogP contribution in [0.1, 0.15) is 11.4 Å². The van der Waals surface area contributed by atoms with Gasteiger partial charge in [-0.25, -0.2) is 4.79 Å². The molecule has 0 aliphatic rings. The Morgan fingerprint density at radius 2 is 2.43 bits per heavy atom. The molecule has 5 nitrogen and oxygen atoms in total. The van der Waals surface area contributed by atoms with Crippen LogP contribution in [0.25, 0.3) is 0 Å². The van der Waals surface area contributed by atoms with Crippen LogP contribution >= 0.6 is 0 Å². The second kappa shape index (κ2) is 4.45. The van der Waals surface area contributed by atoms with Crippen LogP contribution in [0.5, 0.6) is 0 Å². The minimum atomic E-state index is -1.04. The van der Waals surface area contributed by atoms with E-state index in [0.717, 1.165) is 11.4 Å². The highest BCUT2D eigenvalue weighted by molar-refractivity contribution is 5.77. The van der Waals surface area contributed by atoms with Crippen molar-refractivity contribution < 1.29 is 14.7 Å². The van der Waals surface area contributed by atoms with Gasteiger partial charge in [0.25, 0.3) is 0 Å². The molecule has 1 aromatic rings. The molecule has 0 spiro atoms. The average Bonchev–Trinajstić information content (AvgIpc) is 2.43. The van der Waals surface area contributed by atoms with Gasteiger partial charge < -0.3 is 14.5 Å². The fourth-order valence-corrected chi connectivity index (χ4v) is 0.947. The molecule has 0 unspecified atom stereocenters. The molecule has 0 aliphatic heterocycles. The van der Waals surface area contributed by atoms with Gasteiger partial charge in [0.1, 0.15) is 0 Å². The van der Waals surface area contributed by atoms with Crippen LogP contribution < -0.4 is 0 Å². The summed E-state index contributed by atoms with van der Waals surface area (Å²) >= 11 is 0. The van der Waals surface area contributed by atoms with Crippen LogP contribution in [-0.2, 0) is 16.7 Å². The first-order valence-corrected chi connectivity index (χ1v) is 4.10. The van der Waals surface area contributed by atoms with Crippen LogP contribution in [0.2, 0.25) is 0 Å². The van der Waals surface area contributed by atoms with E-state index in [-0.39, 0.29) is 0 Å². The maximum atomic E-state index is 10.1. The number of oxime groups is 1. The van der Waals surface area contributed by atoms with E-state index in [0.29, 0.717) is 0 Å². The molecule has 1 N–H and O–H groups in total. The fraction of sp³-hybridized carbons (Fsp3) is 0.333. The summed E-state index contributed by atoms with van der Waals surface area (Å²) in [6.45, 7) is 1.55. The van der Waals surface area contributed by atoms with E-state index in [9.17, 15) is 4.79 Å². The zero-order chi connectivity index (χ0) is 10.6. The number of rotatable bonds is 4. The van der Waals surface area contributed by atoms with Gasteiger partial charge in [0.05, 0.1) is 11.9 Å². The number of aliphatic carboxylic acids is 1. The summed E-state index contributed by atoms with van der Waals surface area (Å²) in [5.74, 6) is -1.04. The van der Waals surface area contributed by atoms with E-state index in [1.807, 2.05) is 30.7 Å². The van der Waals surface area contributed by atoms with E-state index in [1.54, 1.807) is 0 Å². The molecule has 5 heteroatoms. The highest BCUT2D eigenvalue weighted by Crippen LogP contribution is 2.02. The first-order valence-electron chi connectivity index (χ1n) is 4.10. The van der Waals surface area contributed by atoms with Crippen molar-refractivity contribution in [3.8, 4) is 0 Å². The van der Waals surface area contributed by atoms with Crippen LogP contribution in [0.15, 0.2) is 17.3 Å². The van der Waals surface area contributed by atoms with Crippen molar-refractivity contribution in [2.45, 2.75) is 6.92 Å². The van der Waals surface area contributed by atoms with E-state index < -0.39 is 12.6 Å². The number of carboxylic acid groups (broad SMARTS) is 1. The summed E-state index contributed by atoms with van der Waals surface area (Å²) < 4.78 is 1.92. The standard InChI is InChI=1S/C9H12N2O3/c1-7-3-4-8(11(7)2)5-10-14-6-9(12)13/h3-5H,6H2,1-2H3,(H,12,13)/b10-5+. The molecule has 0 fully saturated rings. The minimum Gasteiger partial charge on any atom is -0.479 e. The Morgan fingerprint density at radius 1 is 1.71 bits per heavy atom.